The van der Waals surface area contributed by atoms with E-state index in [1.54, 1.807) is 0 Å². The van der Waals surface area contributed by atoms with Crippen LogP contribution in [0.5, 0.6) is 0 Å². The van der Waals surface area contributed by atoms with Gasteiger partial charge in [-0.25, -0.2) is 0 Å². The van der Waals surface area contributed by atoms with Crippen molar-refractivity contribution in [1.29, 1.82) is 0 Å². The Labute approximate surface area is 95.2 Å². The van der Waals surface area contributed by atoms with E-state index in [1.807, 2.05) is 14.0 Å². The number of hydrogen-bond acceptors (Lipinski definition) is 4. The quantitative estimate of drug-likeness (QED) is 0.814. The van der Waals surface area contributed by atoms with Crippen molar-refractivity contribution in [2.45, 2.75) is 37.8 Å². The predicted molar refractivity (Wildman–Crippen MR) is 59.4 cm³/mol. The number of likely N-dealkylation sites (N-methyl/N-ethyl adjacent to an activating group) is 1. The van der Waals surface area contributed by atoms with E-state index >= 15 is 0 Å². The summed E-state index contributed by atoms with van der Waals surface area (Å²) in [5, 5.41) is 11.9. The molecule has 2 heterocycles. The van der Waals surface area contributed by atoms with Gasteiger partial charge in [-0.05, 0) is 26.8 Å². The van der Waals surface area contributed by atoms with E-state index in [4.69, 9.17) is 4.74 Å². The molecule has 1 aliphatic carbocycles. The minimum Gasteiger partial charge on any atom is -0.379 e. The molecule has 1 aliphatic heterocycles. The van der Waals surface area contributed by atoms with E-state index in [1.165, 1.54) is 12.8 Å². The Kier molecular flexibility index (Phi) is 2.44. The topological polar surface area (TPSA) is 52.0 Å². The lowest BCUT2D eigenvalue weighted by atomic mass is 10.0. The van der Waals surface area contributed by atoms with E-state index in [-0.39, 0.29) is 0 Å². The third-order valence-corrected chi connectivity index (χ3v) is 3.59. The predicted octanol–water partition coefficient (Wildman–Crippen LogP) is 0.623. The van der Waals surface area contributed by atoms with Crippen LogP contribution in [0.4, 0.5) is 0 Å². The molecule has 0 amide bonds. The lowest BCUT2D eigenvalue weighted by Crippen LogP contribution is -2.32. The standard InChI is InChI=1S/C11H18N4O/c1-7-13-14-11(15(7)8-3-4-8)9-5-16-6-10(9)12-2/h8-10,12H,3-6H2,1-2H3. The molecule has 5 heteroatoms. The number of nitrogens with zero attached hydrogens (tertiary/aromatic N) is 3. The molecule has 5 nitrogen and oxygen atoms in total. The van der Waals surface area contributed by atoms with E-state index in [9.17, 15) is 0 Å². The molecule has 16 heavy (non-hydrogen) atoms. The number of aryl methyl sites for hydroxylation is 1. The summed E-state index contributed by atoms with van der Waals surface area (Å²) in [6.07, 6.45) is 2.54. The first-order valence-electron chi connectivity index (χ1n) is 5.97. The highest BCUT2D eigenvalue weighted by atomic mass is 16.5. The molecule has 1 saturated carbocycles. The summed E-state index contributed by atoms with van der Waals surface area (Å²) < 4.78 is 7.85. The molecule has 1 aromatic heterocycles. The van der Waals surface area contributed by atoms with Gasteiger partial charge in [0.05, 0.1) is 19.1 Å². The summed E-state index contributed by atoms with van der Waals surface area (Å²) in [5.74, 6) is 2.50. The van der Waals surface area contributed by atoms with Crippen LogP contribution in [0.3, 0.4) is 0 Å². The number of ether oxygens (including phenoxy) is 1. The van der Waals surface area contributed by atoms with Crippen molar-refractivity contribution in [3.8, 4) is 0 Å². The average molecular weight is 222 g/mol. The third-order valence-electron chi connectivity index (χ3n) is 3.59. The zero-order chi connectivity index (χ0) is 11.1. The van der Waals surface area contributed by atoms with Crippen molar-refractivity contribution < 1.29 is 4.74 Å². The van der Waals surface area contributed by atoms with Crippen LogP contribution in [0.25, 0.3) is 0 Å². The Hall–Kier alpha value is -0.940. The molecule has 3 rings (SSSR count). The fraction of sp³-hybridized carbons (Fsp3) is 0.818. The van der Waals surface area contributed by atoms with Crippen LogP contribution in [-0.4, -0.2) is 41.1 Å². The number of aromatic nitrogens is 3. The second kappa shape index (κ2) is 3.82. The summed E-state index contributed by atoms with van der Waals surface area (Å²) >= 11 is 0. The van der Waals surface area contributed by atoms with Crippen LogP contribution >= 0.6 is 0 Å². The van der Waals surface area contributed by atoms with Gasteiger partial charge in [-0.15, -0.1) is 10.2 Å². The molecule has 2 fully saturated rings. The second-order valence-corrected chi connectivity index (χ2v) is 4.75. The van der Waals surface area contributed by atoms with Gasteiger partial charge in [0, 0.05) is 12.1 Å². The highest BCUT2D eigenvalue weighted by molar-refractivity contribution is 5.11. The monoisotopic (exact) mass is 222 g/mol. The Balaban J connectivity index is 1.93. The smallest absolute Gasteiger partial charge is 0.140 e. The molecule has 88 valence electrons. The van der Waals surface area contributed by atoms with Gasteiger partial charge in [0.1, 0.15) is 11.6 Å². The van der Waals surface area contributed by atoms with Crippen molar-refractivity contribution in [3.63, 3.8) is 0 Å². The molecule has 1 saturated heterocycles. The molecule has 2 atom stereocenters. The first kappa shape index (κ1) is 10.2. The molecular weight excluding hydrogens is 204 g/mol. The zero-order valence-corrected chi connectivity index (χ0v) is 9.81. The van der Waals surface area contributed by atoms with E-state index < -0.39 is 0 Å². The molecular formula is C11H18N4O. The first-order valence-corrected chi connectivity index (χ1v) is 5.97. The van der Waals surface area contributed by atoms with Gasteiger partial charge in [0.2, 0.25) is 0 Å². The lowest BCUT2D eigenvalue weighted by molar-refractivity contribution is 0.187. The van der Waals surface area contributed by atoms with Gasteiger partial charge < -0.3 is 14.6 Å². The normalized spacial score (nSPS) is 29.9. The first-order chi connectivity index (χ1) is 7.81. The fourth-order valence-corrected chi connectivity index (χ4v) is 2.52. The minimum atomic E-state index is 0.354. The Bertz CT molecular complexity index is 385. The van der Waals surface area contributed by atoms with Crippen molar-refractivity contribution in [2.75, 3.05) is 20.3 Å². The molecule has 0 aromatic carbocycles. The fourth-order valence-electron chi connectivity index (χ4n) is 2.52. The highest BCUT2D eigenvalue weighted by Gasteiger charge is 2.36. The maximum absolute atomic E-state index is 5.54. The van der Waals surface area contributed by atoms with Gasteiger partial charge in [0.15, 0.2) is 0 Å². The maximum Gasteiger partial charge on any atom is 0.140 e. The van der Waals surface area contributed by atoms with Crippen molar-refractivity contribution in [2.24, 2.45) is 0 Å². The summed E-state index contributed by atoms with van der Waals surface area (Å²) in [7, 11) is 1.98. The van der Waals surface area contributed by atoms with Crippen molar-refractivity contribution >= 4 is 0 Å². The van der Waals surface area contributed by atoms with E-state index in [0.29, 0.717) is 18.0 Å². The molecule has 0 spiro atoms. The van der Waals surface area contributed by atoms with E-state index in [0.717, 1.165) is 24.9 Å². The van der Waals surface area contributed by atoms with Crippen LogP contribution in [0, 0.1) is 6.92 Å². The number of hydrogen-bond donors (Lipinski definition) is 1. The van der Waals surface area contributed by atoms with Gasteiger partial charge in [0.25, 0.3) is 0 Å². The van der Waals surface area contributed by atoms with Crippen LogP contribution in [0.15, 0.2) is 0 Å². The van der Waals surface area contributed by atoms with Crippen LogP contribution < -0.4 is 5.32 Å². The number of rotatable bonds is 3. The van der Waals surface area contributed by atoms with Crippen LogP contribution in [-0.2, 0) is 4.74 Å². The Morgan fingerprint density at radius 1 is 1.31 bits per heavy atom. The highest BCUT2D eigenvalue weighted by Crippen LogP contribution is 2.39. The SMILES string of the molecule is CNC1COCC1c1nnc(C)n1C1CC1. The van der Waals surface area contributed by atoms with Crippen molar-refractivity contribution in [1.82, 2.24) is 20.1 Å². The molecule has 1 N–H and O–H groups in total. The zero-order valence-electron chi connectivity index (χ0n) is 9.81. The lowest BCUT2D eigenvalue weighted by Gasteiger charge is -2.17. The largest absolute Gasteiger partial charge is 0.379 e. The van der Waals surface area contributed by atoms with Gasteiger partial charge in [-0.2, -0.15) is 0 Å². The Morgan fingerprint density at radius 3 is 2.81 bits per heavy atom. The van der Waals surface area contributed by atoms with Crippen molar-refractivity contribution in [3.05, 3.63) is 11.6 Å². The number of nitrogens with one attached hydrogen (secondary N) is 1. The Morgan fingerprint density at radius 2 is 2.12 bits per heavy atom. The molecule has 0 radical (unpaired) electrons. The van der Waals surface area contributed by atoms with Crippen LogP contribution in [0.1, 0.15) is 36.5 Å². The molecule has 0 bridgehead atoms. The van der Waals surface area contributed by atoms with Crippen LogP contribution in [0.2, 0.25) is 0 Å². The molecule has 2 aliphatic rings. The van der Waals surface area contributed by atoms with Gasteiger partial charge >= 0.3 is 0 Å². The van der Waals surface area contributed by atoms with Gasteiger partial charge in [-0.3, -0.25) is 0 Å². The molecule has 2 unspecified atom stereocenters. The average Bonchev–Trinajstić information content (AvgIpc) is 2.89. The minimum absolute atomic E-state index is 0.354. The molecule has 1 aromatic rings. The van der Waals surface area contributed by atoms with Gasteiger partial charge in [-0.1, -0.05) is 0 Å². The third kappa shape index (κ3) is 1.55. The van der Waals surface area contributed by atoms with E-state index in [2.05, 4.69) is 20.1 Å². The summed E-state index contributed by atoms with van der Waals surface area (Å²) in [6.45, 7) is 3.58. The second-order valence-electron chi connectivity index (χ2n) is 4.75. The summed E-state index contributed by atoms with van der Waals surface area (Å²) in [5.41, 5.74) is 0. The summed E-state index contributed by atoms with van der Waals surface area (Å²) in [4.78, 5) is 0. The maximum atomic E-state index is 5.54. The summed E-state index contributed by atoms with van der Waals surface area (Å²) in [6, 6.07) is 1.02.